The summed E-state index contributed by atoms with van der Waals surface area (Å²) >= 11 is 5.96. The zero-order chi connectivity index (χ0) is 15.7. The van der Waals surface area contributed by atoms with Crippen molar-refractivity contribution in [3.05, 3.63) is 75.3 Å². The number of carbonyl (C=O) groups is 1. The number of fused-ring (bicyclic) bond motifs is 1. The van der Waals surface area contributed by atoms with Gasteiger partial charge in [0.05, 0.1) is 10.7 Å². The summed E-state index contributed by atoms with van der Waals surface area (Å²) in [5.41, 5.74) is 0.199. The van der Waals surface area contributed by atoms with Gasteiger partial charge in [-0.3, -0.25) is 9.59 Å². The van der Waals surface area contributed by atoms with Gasteiger partial charge >= 0.3 is 0 Å². The predicted molar refractivity (Wildman–Crippen MR) is 83.9 cm³/mol. The van der Waals surface area contributed by atoms with Gasteiger partial charge in [-0.25, -0.2) is 4.39 Å². The minimum Gasteiger partial charge on any atom is -0.360 e. The lowest BCUT2D eigenvalue weighted by Gasteiger charge is -2.07. The molecular weight excluding hydrogens is 307 g/mol. The quantitative estimate of drug-likeness (QED) is 0.759. The fourth-order valence-corrected chi connectivity index (χ4v) is 2.29. The molecule has 0 fully saturated rings. The van der Waals surface area contributed by atoms with Crippen molar-refractivity contribution in [1.29, 1.82) is 0 Å². The van der Waals surface area contributed by atoms with Crippen molar-refractivity contribution in [1.82, 2.24) is 4.98 Å². The normalized spacial score (nSPS) is 10.6. The molecule has 22 heavy (non-hydrogen) atoms. The molecule has 0 saturated carbocycles. The van der Waals surface area contributed by atoms with E-state index < -0.39 is 17.2 Å². The first-order chi connectivity index (χ1) is 10.6. The molecule has 1 aromatic heterocycles. The Bertz CT molecular complexity index is 937. The fourth-order valence-electron chi connectivity index (χ4n) is 2.11. The van der Waals surface area contributed by atoms with E-state index in [1.165, 1.54) is 18.3 Å². The third kappa shape index (κ3) is 2.58. The first kappa shape index (κ1) is 14.3. The molecule has 1 amide bonds. The number of nitrogens with one attached hydrogen (secondary N) is 2. The van der Waals surface area contributed by atoms with Crippen molar-refractivity contribution >= 4 is 34.1 Å². The maximum Gasteiger partial charge on any atom is 0.261 e. The molecule has 0 aliphatic heterocycles. The highest BCUT2D eigenvalue weighted by molar-refractivity contribution is 6.33. The van der Waals surface area contributed by atoms with Crippen LogP contribution >= 0.6 is 11.6 Å². The molecule has 0 unspecified atom stereocenters. The van der Waals surface area contributed by atoms with E-state index in [9.17, 15) is 14.0 Å². The van der Waals surface area contributed by atoms with Crippen molar-refractivity contribution in [2.45, 2.75) is 0 Å². The van der Waals surface area contributed by atoms with Gasteiger partial charge in [0.2, 0.25) is 5.43 Å². The molecule has 0 atom stereocenters. The Hall–Kier alpha value is -2.66. The van der Waals surface area contributed by atoms with Crippen LogP contribution in [0.25, 0.3) is 10.9 Å². The lowest BCUT2D eigenvalue weighted by molar-refractivity contribution is 0.102. The molecule has 3 aromatic rings. The summed E-state index contributed by atoms with van der Waals surface area (Å²) < 4.78 is 13.3. The Balaban J connectivity index is 2.03. The number of benzene rings is 2. The van der Waals surface area contributed by atoms with Gasteiger partial charge < -0.3 is 10.3 Å². The van der Waals surface area contributed by atoms with Crippen LogP contribution in [0.5, 0.6) is 0 Å². The van der Waals surface area contributed by atoms with Crippen molar-refractivity contribution in [3.63, 3.8) is 0 Å². The van der Waals surface area contributed by atoms with Crippen molar-refractivity contribution in [2.75, 3.05) is 5.32 Å². The van der Waals surface area contributed by atoms with Crippen LogP contribution in [0.3, 0.4) is 0 Å². The van der Waals surface area contributed by atoms with Gasteiger partial charge in [0.15, 0.2) is 0 Å². The number of aromatic nitrogens is 1. The topological polar surface area (TPSA) is 62.0 Å². The highest BCUT2D eigenvalue weighted by atomic mass is 35.5. The van der Waals surface area contributed by atoms with Gasteiger partial charge in [-0.15, -0.1) is 0 Å². The minimum absolute atomic E-state index is 0.113. The molecule has 110 valence electrons. The van der Waals surface area contributed by atoms with E-state index in [0.717, 1.165) is 6.07 Å². The fraction of sp³-hybridized carbons (Fsp3) is 0. The first-order valence-corrected chi connectivity index (χ1v) is 6.81. The van der Waals surface area contributed by atoms with E-state index in [1.807, 2.05) is 0 Å². The van der Waals surface area contributed by atoms with Crippen molar-refractivity contribution in [3.8, 4) is 0 Å². The van der Waals surface area contributed by atoms with Crippen LogP contribution < -0.4 is 10.7 Å². The first-order valence-electron chi connectivity index (χ1n) is 6.43. The number of anilines is 1. The lowest BCUT2D eigenvalue weighted by atomic mass is 10.1. The third-order valence-electron chi connectivity index (χ3n) is 3.21. The summed E-state index contributed by atoms with van der Waals surface area (Å²) in [5, 5.41) is 3.04. The van der Waals surface area contributed by atoms with Gasteiger partial charge in [0, 0.05) is 17.1 Å². The molecule has 0 radical (unpaired) electrons. The highest BCUT2D eigenvalue weighted by Crippen LogP contribution is 2.21. The second-order valence-electron chi connectivity index (χ2n) is 4.66. The standard InChI is InChI=1S/C16H10ClFN2O2/c17-12-3-1-2-4-14(12)20-16(22)11-8-19-13-6-5-9(18)7-10(13)15(11)21/h1-8H,(H,19,21)(H,20,22). The molecule has 0 spiro atoms. The highest BCUT2D eigenvalue weighted by Gasteiger charge is 2.14. The van der Waals surface area contributed by atoms with Crippen molar-refractivity contribution in [2.24, 2.45) is 0 Å². The summed E-state index contributed by atoms with van der Waals surface area (Å²) in [6.45, 7) is 0. The average Bonchev–Trinajstić information content (AvgIpc) is 2.50. The Morgan fingerprint density at radius 3 is 2.73 bits per heavy atom. The molecule has 1 heterocycles. The van der Waals surface area contributed by atoms with E-state index in [-0.39, 0.29) is 10.9 Å². The van der Waals surface area contributed by atoms with Crippen LogP contribution in [0.2, 0.25) is 5.02 Å². The summed E-state index contributed by atoms with van der Waals surface area (Å²) in [6.07, 6.45) is 1.30. The van der Waals surface area contributed by atoms with Gasteiger partial charge in [0.1, 0.15) is 11.4 Å². The zero-order valence-corrected chi connectivity index (χ0v) is 11.9. The summed E-state index contributed by atoms with van der Waals surface area (Å²) in [7, 11) is 0. The predicted octanol–water partition coefficient (Wildman–Crippen LogP) is 3.57. The molecule has 0 saturated heterocycles. The van der Waals surface area contributed by atoms with E-state index >= 15 is 0 Å². The van der Waals surface area contributed by atoms with Crippen LogP contribution in [0.15, 0.2) is 53.5 Å². The second-order valence-corrected chi connectivity index (χ2v) is 5.06. The molecule has 6 heteroatoms. The Kier molecular flexibility index (Phi) is 3.65. The molecule has 0 aliphatic carbocycles. The average molecular weight is 317 g/mol. The van der Waals surface area contributed by atoms with Crippen LogP contribution in [-0.2, 0) is 0 Å². The number of rotatable bonds is 2. The minimum atomic E-state index is -0.611. The number of amides is 1. The van der Waals surface area contributed by atoms with Crippen LogP contribution in [0.1, 0.15) is 10.4 Å². The number of carbonyl (C=O) groups excluding carboxylic acids is 1. The number of hydrogen-bond donors (Lipinski definition) is 2. The summed E-state index contributed by atoms with van der Waals surface area (Å²) in [6, 6.07) is 10.5. The maximum atomic E-state index is 13.3. The second kappa shape index (κ2) is 5.61. The number of halogens is 2. The summed E-state index contributed by atoms with van der Waals surface area (Å²) in [4.78, 5) is 27.4. The van der Waals surface area contributed by atoms with Gasteiger partial charge in [-0.1, -0.05) is 23.7 Å². The van der Waals surface area contributed by atoms with Crippen LogP contribution in [0.4, 0.5) is 10.1 Å². The Morgan fingerprint density at radius 1 is 1.18 bits per heavy atom. The molecule has 2 N–H and O–H groups in total. The molecule has 0 aliphatic rings. The van der Waals surface area contributed by atoms with Crippen LogP contribution in [0, 0.1) is 5.82 Å². The number of para-hydroxylation sites is 1. The van der Waals surface area contributed by atoms with Gasteiger partial charge in [-0.05, 0) is 30.3 Å². The lowest BCUT2D eigenvalue weighted by Crippen LogP contribution is -2.22. The monoisotopic (exact) mass is 316 g/mol. The van der Waals surface area contributed by atoms with E-state index in [2.05, 4.69) is 10.3 Å². The Morgan fingerprint density at radius 2 is 1.95 bits per heavy atom. The number of hydrogen-bond acceptors (Lipinski definition) is 2. The van der Waals surface area contributed by atoms with E-state index in [1.54, 1.807) is 24.3 Å². The Labute approximate surface area is 129 Å². The zero-order valence-electron chi connectivity index (χ0n) is 11.2. The third-order valence-corrected chi connectivity index (χ3v) is 3.54. The summed E-state index contributed by atoms with van der Waals surface area (Å²) in [5.74, 6) is -1.15. The molecule has 0 bridgehead atoms. The van der Waals surface area contributed by atoms with Crippen molar-refractivity contribution < 1.29 is 9.18 Å². The molecule has 4 nitrogen and oxygen atoms in total. The van der Waals surface area contributed by atoms with E-state index in [0.29, 0.717) is 16.2 Å². The number of H-pyrrole nitrogens is 1. The van der Waals surface area contributed by atoms with Gasteiger partial charge in [0.25, 0.3) is 5.91 Å². The van der Waals surface area contributed by atoms with Gasteiger partial charge in [-0.2, -0.15) is 0 Å². The number of aromatic amines is 1. The van der Waals surface area contributed by atoms with E-state index in [4.69, 9.17) is 11.6 Å². The largest absolute Gasteiger partial charge is 0.360 e. The SMILES string of the molecule is O=C(Nc1ccccc1Cl)c1c[nH]c2ccc(F)cc2c1=O. The smallest absolute Gasteiger partial charge is 0.261 e. The molecule has 3 rings (SSSR count). The van der Waals surface area contributed by atoms with Crippen LogP contribution in [-0.4, -0.2) is 10.9 Å². The molecule has 2 aromatic carbocycles. The molecular formula is C16H10ClFN2O2. The number of pyridine rings is 1. The maximum absolute atomic E-state index is 13.3.